The summed E-state index contributed by atoms with van der Waals surface area (Å²) in [4.78, 5) is 24.4. The van der Waals surface area contributed by atoms with Gasteiger partial charge in [0, 0.05) is 12.8 Å². The second-order valence-corrected chi connectivity index (χ2v) is 14.0. The smallest absolute Gasteiger partial charge is 0.309 e. The van der Waals surface area contributed by atoms with E-state index in [0.29, 0.717) is 55.0 Å². The maximum atomic E-state index is 12.7. The molecule has 6 nitrogen and oxygen atoms in total. The van der Waals surface area contributed by atoms with E-state index in [1.165, 1.54) is 25.7 Å². The monoisotopic (exact) mass is 504 g/mol. The van der Waals surface area contributed by atoms with E-state index in [-0.39, 0.29) is 41.4 Å². The quantitative estimate of drug-likeness (QED) is 0.510. The van der Waals surface area contributed by atoms with Crippen molar-refractivity contribution >= 4 is 11.9 Å². The Kier molecular flexibility index (Phi) is 7.02. The van der Waals surface area contributed by atoms with Crippen LogP contribution < -0.4 is 0 Å². The molecule has 11 atom stereocenters. The molecule has 5 rings (SSSR count). The molecule has 36 heavy (non-hydrogen) atoms. The molecule has 10 unspecified atom stereocenters. The van der Waals surface area contributed by atoms with Crippen molar-refractivity contribution in [3.8, 4) is 0 Å². The van der Waals surface area contributed by atoms with Gasteiger partial charge in [0.05, 0.1) is 25.2 Å². The van der Waals surface area contributed by atoms with E-state index < -0.39 is 5.60 Å². The maximum Gasteiger partial charge on any atom is 0.309 e. The molecule has 0 aromatic heterocycles. The van der Waals surface area contributed by atoms with E-state index in [1.54, 1.807) is 0 Å². The van der Waals surface area contributed by atoms with Crippen LogP contribution in [0.2, 0.25) is 0 Å². The van der Waals surface area contributed by atoms with Crippen molar-refractivity contribution in [1.82, 2.24) is 0 Å². The molecule has 2 N–H and O–H groups in total. The van der Waals surface area contributed by atoms with Crippen LogP contribution in [0.3, 0.4) is 0 Å². The molecule has 0 amide bonds. The van der Waals surface area contributed by atoms with Gasteiger partial charge >= 0.3 is 11.9 Å². The minimum absolute atomic E-state index is 0.139. The molecule has 204 valence electrons. The number of esters is 2. The second-order valence-electron chi connectivity index (χ2n) is 14.0. The van der Waals surface area contributed by atoms with Crippen LogP contribution in [0, 0.1) is 46.3 Å². The van der Waals surface area contributed by atoms with Gasteiger partial charge in [-0.2, -0.15) is 0 Å². The Hall–Kier alpha value is -1.14. The van der Waals surface area contributed by atoms with E-state index in [2.05, 4.69) is 20.8 Å². The van der Waals surface area contributed by atoms with Crippen molar-refractivity contribution in [3.63, 3.8) is 0 Å². The summed E-state index contributed by atoms with van der Waals surface area (Å²) in [5.41, 5.74) is -0.278. The van der Waals surface area contributed by atoms with E-state index in [9.17, 15) is 19.8 Å². The van der Waals surface area contributed by atoms with Crippen molar-refractivity contribution in [2.75, 3.05) is 6.61 Å². The van der Waals surface area contributed by atoms with Crippen molar-refractivity contribution < 1.29 is 29.3 Å². The minimum atomic E-state index is -0.737. The molecule has 4 aliphatic carbocycles. The average molecular weight is 505 g/mol. The molecule has 5 aliphatic rings. The number of fused-ring (bicyclic) bond motifs is 5. The molecule has 4 saturated carbocycles. The lowest BCUT2D eigenvalue weighted by Gasteiger charge is -2.62. The Labute approximate surface area is 216 Å². The Balaban J connectivity index is 1.22. The fourth-order valence-electron chi connectivity index (χ4n) is 9.96. The highest BCUT2D eigenvalue weighted by atomic mass is 16.6. The number of rotatable bonds is 5. The predicted octanol–water partition coefficient (Wildman–Crippen LogP) is 5.03. The Morgan fingerprint density at radius 1 is 1.03 bits per heavy atom. The summed E-state index contributed by atoms with van der Waals surface area (Å²) in [5.74, 6) is 2.39. The van der Waals surface area contributed by atoms with Crippen LogP contribution in [-0.4, -0.2) is 46.6 Å². The number of cyclic esters (lactones) is 1. The topological polar surface area (TPSA) is 93.1 Å². The highest BCUT2D eigenvalue weighted by Crippen LogP contribution is 2.68. The summed E-state index contributed by atoms with van der Waals surface area (Å²) >= 11 is 0. The van der Waals surface area contributed by atoms with E-state index in [4.69, 9.17) is 9.47 Å². The van der Waals surface area contributed by atoms with Gasteiger partial charge in [-0.1, -0.05) is 20.8 Å². The summed E-state index contributed by atoms with van der Waals surface area (Å²) in [6.07, 6.45) is 9.88. The number of aliphatic hydroxyl groups excluding tert-OH is 2. The van der Waals surface area contributed by atoms with Crippen LogP contribution >= 0.6 is 0 Å². The molecule has 0 aromatic carbocycles. The Morgan fingerprint density at radius 2 is 1.75 bits per heavy atom. The zero-order valence-electron chi connectivity index (χ0n) is 22.8. The van der Waals surface area contributed by atoms with Gasteiger partial charge in [-0.05, 0) is 111 Å². The van der Waals surface area contributed by atoms with Gasteiger partial charge in [-0.3, -0.25) is 9.59 Å². The van der Waals surface area contributed by atoms with Crippen LogP contribution in [0.5, 0.6) is 0 Å². The van der Waals surface area contributed by atoms with Gasteiger partial charge < -0.3 is 19.7 Å². The summed E-state index contributed by atoms with van der Waals surface area (Å²) in [6, 6.07) is 0. The highest BCUT2D eigenvalue weighted by molar-refractivity contribution is 5.74. The summed E-state index contributed by atoms with van der Waals surface area (Å²) in [6.45, 7) is 9.39. The molecular formula is C30H48O6. The molecule has 0 aromatic rings. The average Bonchev–Trinajstić information content (AvgIpc) is 3.15. The van der Waals surface area contributed by atoms with E-state index in [0.717, 1.165) is 32.1 Å². The summed E-state index contributed by atoms with van der Waals surface area (Å²) in [5, 5.41) is 21.7. The molecule has 0 bridgehead atoms. The molecule has 1 saturated heterocycles. The van der Waals surface area contributed by atoms with Crippen LogP contribution in [0.4, 0.5) is 0 Å². The van der Waals surface area contributed by atoms with Crippen LogP contribution in [-0.2, 0) is 19.1 Å². The van der Waals surface area contributed by atoms with Crippen LogP contribution in [0.1, 0.15) is 105 Å². The molecule has 1 heterocycles. The number of carbonyl (C=O) groups excluding carboxylic acids is 2. The Bertz CT molecular complexity index is 858. The van der Waals surface area contributed by atoms with Crippen molar-refractivity contribution in [3.05, 3.63) is 0 Å². The summed E-state index contributed by atoms with van der Waals surface area (Å²) < 4.78 is 10.8. The first-order valence-electron chi connectivity index (χ1n) is 14.7. The predicted molar refractivity (Wildman–Crippen MR) is 136 cm³/mol. The van der Waals surface area contributed by atoms with Crippen LogP contribution in [0.25, 0.3) is 0 Å². The number of aliphatic hydroxyl groups is 2. The number of hydrogen-bond acceptors (Lipinski definition) is 6. The van der Waals surface area contributed by atoms with Gasteiger partial charge in [0.15, 0.2) is 0 Å². The minimum Gasteiger partial charge on any atom is -0.465 e. The van der Waals surface area contributed by atoms with Crippen molar-refractivity contribution in [2.45, 2.75) is 123 Å². The molecule has 6 heteroatoms. The van der Waals surface area contributed by atoms with E-state index in [1.807, 2.05) is 6.92 Å². The first-order chi connectivity index (χ1) is 16.9. The lowest BCUT2D eigenvalue weighted by molar-refractivity contribution is -0.176. The van der Waals surface area contributed by atoms with Gasteiger partial charge in [0.1, 0.15) is 5.60 Å². The van der Waals surface area contributed by atoms with Crippen LogP contribution in [0.15, 0.2) is 0 Å². The molecule has 0 spiro atoms. The number of carbonyl (C=O) groups is 2. The lowest BCUT2D eigenvalue weighted by Crippen LogP contribution is -2.58. The first kappa shape index (κ1) is 26.5. The zero-order valence-corrected chi connectivity index (χ0v) is 22.8. The third-order valence-electron chi connectivity index (χ3n) is 12.0. The fourth-order valence-corrected chi connectivity index (χ4v) is 9.96. The largest absolute Gasteiger partial charge is 0.465 e. The third-order valence-corrected chi connectivity index (χ3v) is 12.0. The maximum absolute atomic E-state index is 12.7. The highest BCUT2D eigenvalue weighted by Gasteiger charge is 2.62. The molecule has 0 radical (unpaired) electrons. The Morgan fingerprint density at radius 3 is 2.50 bits per heavy atom. The SMILES string of the molecule is CC(CCC(=O)OC1(C)CCOC(=O)C1)C1CCC2C3C(O)CC4CC(O)CC[C@]4(C)C3CCC12C. The third kappa shape index (κ3) is 4.52. The van der Waals surface area contributed by atoms with Gasteiger partial charge in [0.25, 0.3) is 0 Å². The van der Waals surface area contributed by atoms with E-state index >= 15 is 0 Å². The lowest BCUT2D eigenvalue weighted by atomic mass is 9.43. The number of ether oxygens (including phenoxy) is 2. The van der Waals surface area contributed by atoms with Crippen molar-refractivity contribution in [1.29, 1.82) is 0 Å². The first-order valence-corrected chi connectivity index (χ1v) is 14.7. The zero-order chi connectivity index (χ0) is 25.9. The molecular weight excluding hydrogens is 456 g/mol. The molecule has 1 aliphatic heterocycles. The standard InChI is InChI=1S/C30H48O6/c1-18(5-8-25(33)36-28(2)13-14-35-26(34)17-28)21-6-7-22-27-23(10-12-30(21,22)4)29(3)11-9-20(31)15-19(29)16-24(27)32/h18-24,27,31-32H,5-17H2,1-4H3/t18?,19?,20?,21?,22?,23?,24?,27?,28?,29-,30?/m0/s1. The number of hydrogen-bond donors (Lipinski definition) is 2. The summed E-state index contributed by atoms with van der Waals surface area (Å²) in [7, 11) is 0. The van der Waals surface area contributed by atoms with Gasteiger partial charge in [-0.25, -0.2) is 0 Å². The fraction of sp³-hybridized carbons (Fsp3) is 0.933. The van der Waals surface area contributed by atoms with Crippen molar-refractivity contribution in [2.24, 2.45) is 46.3 Å². The normalized spacial score (nSPS) is 49.3. The molecule has 5 fully saturated rings. The van der Waals surface area contributed by atoms with Gasteiger partial charge in [0.2, 0.25) is 0 Å². The second kappa shape index (κ2) is 9.55. The van der Waals surface area contributed by atoms with Gasteiger partial charge in [-0.15, -0.1) is 0 Å².